The molecule has 0 atom stereocenters. The zero-order valence-electron chi connectivity index (χ0n) is 9.52. The molecule has 98 valence electrons. The predicted octanol–water partition coefficient (Wildman–Crippen LogP) is 1.38. The van der Waals surface area contributed by atoms with E-state index in [1.807, 2.05) is 0 Å². The van der Waals surface area contributed by atoms with E-state index in [0.29, 0.717) is 4.47 Å². The van der Waals surface area contributed by atoms with Crippen LogP contribution in [0.5, 0.6) is 0 Å². The van der Waals surface area contributed by atoms with Crippen LogP contribution >= 0.6 is 15.9 Å². The molecule has 1 amide bonds. The van der Waals surface area contributed by atoms with Crippen LogP contribution in [0.15, 0.2) is 27.6 Å². The van der Waals surface area contributed by atoms with Crippen LogP contribution < -0.4 is 10.5 Å². The average molecular weight is 333 g/mol. The highest BCUT2D eigenvalue weighted by Crippen LogP contribution is 2.23. The lowest BCUT2D eigenvalue weighted by Gasteiger charge is -2.26. The molecular weight excluding hydrogens is 320 g/mol. The van der Waals surface area contributed by atoms with Gasteiger partial charge in [0.2, 0.25) is 10.0 Å². The molecule has 7 heteroatoms. The number of sulfonamides is 1. The van der Waals surface area contributed by atoms with E-state index >= 15 is 0 Å². The van der Waals surface area contributed by atoms with Crippen LogP contribution in [0.3, 0.4) is 0 Å². The summed E-state index contributed by atoms with van der Waals surface area (Å²) in [4.78, 5) is 11.9. The number of carbonyl (C=O) groups excluding carboxylic acids is 1. The van der Waals surface area contributed by atoms with Crippen LogP contribution in [-0.4, -0.2) is 20.4 Å². The molecule has 3 N–H and O–H groups in total. The maximum atomic E-state index is 12.0. The third-order valence-electron chi connectivity index (χ3n) is 2.95. The first-order valence-electron chi connectivity index (χ1n) is 5.51. The molecule has 1 fully saturated rings. The summed E-state index contributed by atoms with van der Waals surface area (Å²) in [5.41, 5.74) is 0.286. The van der Waals surface area contributed by atoms with Crippen molar-refractivity contribution in [3.63, 3.8) is 0 Å². The van der Waals surface area contributed by atoms with Crippen molar-refractivity contribution in [1.29, 1.82) is 0 Å². The van der Waals surface area contributed by atoms with E-state index in [1.54, 1.807) is 0 Å². The van der Waals surface area contributed by atoms with Crippen molar-refractivity contribution in [2.75, 3.05) is 0 Å². The number of carbonyl (C=O) groups is 1. The molecule has 18 heavy (non-hydrogen) atoms. The molecule has 0 radical (unpaired) electrons. The van der Waals surface area contributed by atoms with Crippen LogP contribution in [0.2, 0.25) is 0 Å². The van der Waals surface area contributed by atoms with Gasteiger partial charge in [0.15, 0.2) is 0 Å². The lowest BCUT2D eigenvalue weighted by Crippen LogP contribution is -2.39. The molecular formula is C11H13BrN2O3S. The summed E-state index contributed by atoms with van der Waals surface area (Å²) in [6.07, 6.45) is 3.06. The highest BCUT2D eigenvalue weighted by Gasteiger charge is 2.22. The van der Waals surface area contributed by atoms with Gasteiger partial charge in [-0.1, -0.05) is 0 Å². The smallest absolute Gasteiger partial charge is 0.252 e. The Morgan fingerprint density at radius 1 is 1.39 bits per heavy atom. The van der Waals surface area contributed by atoms with Gasteiger partial charge in [-0.2, -0.15) is 0 Å². The van der Waals surface area contributed by atoms with E-state index in [0.717, 1.165) is 19.3 Å². The average Bonchev–Trinajstić information content (AvgIpc) is 2.22. The zero-order chi connectivity index (χ0) is 13.3. The van der Waals surface area contributed by atoms with E-state index < -0.39 is 10.0 Å². The van der Waals surface area contributed by atoms with E-state index in [-0.39, 0.29) is 22.4 Å². The van der Waals surface area contributed by atoms with Crippen LogP contribution in [0.1, 0.15) is 29.6 Å². The van der Waals surface area contributed by atoms with Crippen molar-refractivity contribution >= 4 is 31.9 Å². The quantitative estimate of drug-likeness (QED) is 0.876. The lowest BCUT2D eigenvalue weighted by atomic mass is 9.93. The highest BCUT2D eigenvalue weighted by atomic mass is 79.9. The van der Waals surface area contributed by atoms with Gasteiger partial charge in [-0.15, -0.1) is 0 Å². The third kappa shape index (κ3) is 2.90. The molecule has 2 rings (SSSR count). The van der Waals surface area contributed by atoms with Crippen LogP contribution in [-0.2, 0) is 10.0 Å². The van der Waals surface area contributed by atoms with E-state index in [2.05, 4.69) is 21.2 Å². The molecule has 1 aliphatic carbocycles. The maximum absolute atomic E-state index is 12.0. The normalized spacial score (nSPS) is 16.1. The van der Waals surface area contributed by atoms with E-state index in [1.165, 1.54) is 18.2 Å². The number of halogens is 1. The van der Waals surface area contributed by atoms with E-state index in [4.69, 9.17) is 5.14 Å². The number of hydrogen-bond donors (Lipinski definition) is 2. The first-order chi connectivity index (χ1) is 8.38. The number of benzene rings is 1. The van der Waals surface area contributed by atoms with Crippen molar-refractivity contribution in [3.05, 3.63) is 28.2 Å². The summed E-state index contributed by atoms with van der Waals surface area (Å²) in [5.74, 6) is -0.280. The topological polar surface area (TPSA) is 89.3 Å². The molecule has 0 unspecified atom stereocenters. The number of nitrogens with two attached hydrogens (primary N) is 1. The number of amides is 1. The van der Waals surface area contributed by atoms with Crippen molar-refractivity contribution < 1.29 is 13.2 Å². The minimum absolute atomic E-state index is 0.0653. The Hall–Kier alpha value is -0.920. The van der Waals surface area contributed by atoms with Gasteiger partial charge >= 0.3 is 0 Å². The van der Waals surface area contributed by atoms with Gasteiger partial charge in [-0.3, -0.25) is 4.79 Å². The second-order valence-corrected chi connectivity index (χ2v) is 6.70. The molecule has 0 heterocycles. The summed E-state index contributed by atoms with van der Waals surface area (Å²) < 4.78 is 23.0. The molecule has 5 nitrogen and oxygen atoms in total. The molecule has 0 aromatic heterocycles. The van der Waals surface area contributed by atoms with Gasteiger partial charge in [0.05, 0.1) is 10.5 Å². The minimum Gasteiger partial charge on any atom is -0.349 e. The molecule has 1 saturated carbocycles. The lowest BCUT2D eigenvalue weighted by molar-refractivity contribution is 0.0916. The summed E-state index contributed by atoms with van der Waals surface area (Å²) in [6.45, 7) is 0. The summed E-state index contributed by atoms with van der Waals surface area (Å²) in [5, 5.41) is 7.89. The van der Waals surface area contributed by atoms with Crippen molar-refractivity contribution in [1.82, 2.24) is 5.32 Å². The number of rotatable bonds is 3. The number of hydrogen-bond acceptors (Lipinski definition) is 3. The van der Waals surface area contributed by atoms with Crippen molar-refractivity contribution in [2.45, 2.75) is 30.2 Å². The highest BCUT2D eigenvalue weighted by molar-refractivity contribution is 9.10. The summed E-state index contributed by atoms with van der Waals surface area (Å²) >= 11 is 3.23. The van der Waals surface area contributed by atoms with Gasteiger partial charge in [-0.25, -0.2) is 13.6 Å². The Bertz CT molecular complexity index is 582. The second kappa shape index (κ2) is 4.99. The van der Waals surface area contributed by atoms with E-state index in [9.17, 15) is 13.2 Å². The third-order valence-corrected chi connectivity index (χ3v) is 4.55. The van der Waals surface area contributed by atoms with Gasteiger partial charge < -0.3 is 5.32 Å². The first kappa shape index (κ1) is 13.5. The number of nitrogens with one attached hydrogen (secondary N) is 1. The SMILES string of the molecule is NS(=O)(=O)c1ccc(Br)c(C(=O)NC2CCC2)c1. The Labute approximate surface area is 114 Å². The fourth-order valence-electron chi connectivity index (χ4n) is 1.67. The van der Waals surface area contributed by atoms with Gasteiger partial charge in [0, 0.05) is 10.5 Å². The predicted molar refractivity (Wildman–Crippen MR) is 70.6 cm³/mol. The van der Waals surface area contributed by atoms with Gasteiger partial charge in [0.25, 0.3) is 5.91 Å². The molecule has 0 bridgehead atoms. The van der Waals surface area contributed by atoms with Gasteiger partial charge in [-0.05, 0) is 53.4 Å². The standard InChI is InChI=1S/C11H13BrN2O3S/c12-10-5-4-8(18(13,16)17)6-9(10)11(15)14-7-2-1-3-7/h4-7H,1-3H2,(H,14,15)(H2,13,16,17). The van der Waals surface area contributed by atoms with Crippen LogP contribution in [0, 0.1) is 0 Å². The Balaban J connectivity index is 2.28. The van der Waals surface area contributed by atoms with Crippen molar-refractivity contribution in [3.8, 4) is 0 Å². The van der Waals surface area contributed by atoms with Crippen molar-refractivity contribution in [2.24, 2.45) is 5.14 Å². The fourth-order valence-corrected chi connectivity index (χ4v) is 2.64. The zero-order valence-corrected chi connectivity index (χ0v) is 11.9. The molecule has 1 aromatic carbocycles. The molecule has 0 aliphatic heterocycles. The monoisotopic (exact) mass is 332 g/mol. The molecule has 1 aromatic rings. The molecule has 1 aliphatic rings. The Morgan fingerprint density at radius 2 is 2.06 bits per heavy atom. The molecule has 0 saturated heterocycles. The summed E-state index contributed by atoms with van der Waals surface area (Å²) in [7, 11) is -3.80. The largest absolute Gasteiger partial charge is 0.349 e. The Morgan fingerprint density at radius 3 is 2.56 bits per heavy atom. The first-order valence-corrected chi connectivity index (χ1v) is 7.85. The molecule has 0 spiro atoms. The fraction of sp³-hybridized carbons (Fsp3) is 0.364. The number of primary sulfonamides is 1. The minimum atomic E-state index is -3.80. The van der Waals surface area contributed by atoms with Crippen LogP contribution in [0.25, 0.3) is 0 Å². The van der Waals surface area contributed by atoms with Gasteiger partial charge in [0.1, 0.15) is 0 Å². The summed E-state index contributed by atoms with van der Waals surface area (Å²) in [6, 6.07) is 4.35. The van der Waals surface area contributed by atoms with Crippen LogP contribution in [0.4, 0.5) is 0 Å². The maximum Gasteiger partial charge on any atom is 0.252 e. The Kier molecular flexibility index (Phi) is 3.74. The second-order valence-electron chi connectivity index (χ2n) is 4.29.